The first kappa shape index (κ1) is 14.9. The predicted molar refractivity (Wildman–Crippen MR) is 70.1 cm³/mol. The predicted octanol–water partition coefficient (Wildman–Crippen LogP) is 0.709. The summed E-state index contributed by atoms with van der Waals surface area (Å²) in [5.74, 6) is -1.11. The number of pyridine rings is 1. The van der Waals surface area contributed by atoms with Gasteiger partial charge in [-0.15, -0.1) is 0 Å². The minimum atomic E-state index is -1.29. The monoisotopic (exact) mass is 266 g/mol. The molecule has 0 saturated heterocycles. The van der Waals surface area contributed by atoms with Crippen molar-refractivity contribution >= 4 is 11.9 Å². The van der Waals surface area contributed by atoms with Gasteiger partial charge in [0.25, 0.3) is 5.56 Å². The van der Waals surface area contributed by atoms with Crippen LogP contribution in [0.3, 0.4) is 0 Å². The molecule has 1 aromatic heterocycles. The van der Waals surface area contributed by atoms with Crippen LogP contribution < -0.4 is 10.9 Å². The van der Waals surface area contributed by atoms with Gasteiger partial charge in [0.05, 0.1) is 0 Å². The van der Waals surface area contributed by atoms with Gasteiger partial charge in [0.1, 0.15) is 12.1 Å². The summed E-state index contributed by atoms with van der Waals surface area (Å²) in [6.45, 7) is 4.47. The molecule has 0 aliphatic carbocycles. The lowest BCUT2D eigenvalue weighted by Crippen LogP contribution is -2.34. The zero-order chi connectivity index (χ0) is 14.4. The summed E-state index contributed by atoms with van der Waals surface area (Å²) in [7, 11) is 0. The van der Waals surface area contributed by atoms with Crippen LogP contribution in [0, 0.1) is 5.92 Å². The van der Waals surface area contributed by atoms with E-state index in [0.717, 1.165) is 11.0 Å². The summed E-state index contributed by atoms with van der Waals surface area (Å²) in [5.41, 5.74) is -1.01. The number of carboxylic acids is 1. The zero-order valence-corrected chi connectivity index (χ0v) is 11.0. The zero-order valence-electron chi connectivity index (χ0n) is 11.0. The summed E-state index contributed by atoms with van der Waals surface area (Å²) >= 11 is 0. The average molecular weight is 266 g/mol. The largest absolute Gasteiger partial charge is 0.477 e. The molecular formula is C13H18N2O4. The number of aromatic nitrogens is 1. The third-order valence-electron chi connectivity index (χ3n) is 2.61. The van der Waals surface area contributed by atoms with Gasteiger partial charge in [-0.1, -0.05) is 13.8 Å². The Morgan fingerprint density at radius 3 is 2.68 bits per heavy atom. The molecule has 0 aliphatic heterocycles. The topological polar surface area (TPSA) is 88.4 Å². The van der Waals surface area contributed by atoms with Crippen molar-refractivity contribution in [1.29, 1.82) is 0 Å². The van der Waals surface area contributed by atoms with E-state index in [1.807, 2.05) is 13.8 Å². The van der Waals surface area contributed by atoms with Crippen molar-refractivity contribution in [3.05, 3.63) is 34.2 Å². The number of hydrogen-bond donors (Lipinski definition) is 2. The highest BCUT2D eigenvalue weighted by molar-refractivity contribution is 5.87. The van der Waals surface area contributed by atoms with E-state index in [2.05, 4.69) is 5.32 Å². The van der Waals surface area contributed by atoms with Gasteiger partial charge >= 0.3 is 5.97 Å². The summed E-state index contributed by atoms with van der Waals surface area (Å²) in [6, 6.07) is 2.66. The van der Waals surface area contributed by atoms with Gasteiger partial charge in [0.2, 0.25) is 5.91 Å². The Morgan fingerprint density at radius 2 is 2.11 bits per heavy atom. The lowest BCUT2D eigenvalue weighted by atomic mass is 10.1. The van der Waals surface area contributed by atoms with Gasteiger partial charge in [-0.25, -0.2) is 4.79 Å². The molecule has 2 N–H and O–H groups in total. The third-order valence-corrected chi connectivity index (χ3v) is 2.61. The Kier molecular flexibility index (Phi) is 5.29. The average Bonchev–Trinajstić information content (AvgIpc) is 2.31. The van der Waals surface area contributed by atoms with E-state index in [9.17, 15) is 14.4 Å². The molecule has 0 aromatic carbocycles. The number of amides is 1. The fourth-order valence-electron chi connectivity index (χ4n) is 1.54. The second-order valence-corrected chi connectivity index (χ2v) is 4.69. The Morgan fingerprint density at radius 1 is 1.42 bits per heavy atom. The first-order chi connectivity index (χ1) is 8.91. The van der Waals surface area contributed by atoms with Crippen molar-refractivity contribution in [1.82, 2.24) is 9.88 Å². The molecule has 19 heavy (non-hydrogen) atoms. The molecule has 0 saturated carbocycles. The molecule has 0 aliphatic rings. The quantitative estimate of drug-likeness (QED) is 0.793. The van der Waals surface area contributed by atoms with Crippen molar-refractivity contribution in [3.63, 3.8) is 0 Å². The molecular weight excluding hydrogens is 248 g/mol. The third kappa shape index (κ3) is 4.57. The molecule has 0 fully saturated rings. The van der Waals surface area contributed by atoms with Crippen molar-refractivity contribution in [2.45, 2.75) is 26.8 Å². The van der Waals surface area contributed by atoms with Gasteiger partial charge in [0, 0.05) is 12.7 Å². The number of carboxylic acid groups (broad SMARTS) is 1. The summed E-state index contributed by atoms with van der Waals surface area (Å²) in [4.78, 5) is 34.1. The first-order valence-corrected chi connectivity index (χ1v) is 6.11. The van der Waals surface area contributed by atoms with E-state index in [1.165, 1.54) is 18.3 Å². The number of hydrogen-bond acceptors (Lipinski definition) is 3. The molecule has 6 nitrogen and oxygen atoms in total. The van der Waals surface area contributed by atoms with Crippen molar-refractivity contribution in [2.75, 3.05) is 6.54 Å². The van der Waals surface area contributed by atoms with Gasteiger partial charge < -0.3 is 15.0 Å². The summed E-state index contributed by atoms with van der Waals surface area (Å²) < 4.78 is 1.09. The van der Waals surface area contributed by atoms with Crippen LogP contribution in [-0.2, 0) is 11.3 Å². The van der Waals surface area contributed by atoms with Crippen LogP contribution in [0.2, 0.25) is 0 Å². The van der Waals surface area contributed by atoms with Crippen molar-refractivity contribution in [3.8, 4) is 0 Å². The highest BCUT2D eigenvalue weighted by Crippen LogP contribution is 1.96. The van der Waals surface area contributed by atoms with Crippen LogP contribution in [0.4, 0.5) is 0 Å². The van der Waals surface area contributed by atoms with E-state index < -0.39 is 11.5 Å². The first-order valence-electron chi connectivity index (χ1n) is 6.11. The number of rotatable bonds is 6. The maximum absolute atomic E-state index is 11.7. The lowest BCUT2D eigenvalue weighted by Gasteiger charge is -2.09. The Labute approximate surface area is 111 Å². The second-order valence-electron chi connectivity index (χ2n) is 4.69. The van der Waals surface area contributed by atoms with E-state index in [1.54, 1.807) is 0 Å². The maximum atomic E-state index is 11.7. The van der Waals surface area contributed by atoms with Gasteiger partial charge in [-0.3, -0.25) is 9.59 Å². The van der Waals surface area contributed by atoms with Crippen LogP contribution in [0.1, 0.15) is 30.6 Å². The molecule has 0 bridgehead atoms. The molecule has 0 radical (unpaired) electrons. The lowest BCUT2D eigenvalue weighted by molar-refractivity contribution is -0.121. The maximum Gasteiger partial charge on any atom is 0.341 e. The Balaban J connectivity index is 2.67. The molecule has 6 heteroatoms. The van der Waals surface area contributed by atoms with Gasteiger partial charge in [0.15, 0.2) is 0 Å². The van der Waals surface area contributed by atoms with Crippen molar-refractivity contribution in [2.24, 2.45) is 5.92 Å². The number of carbonyl (C=O) groups excluding carboxylic acids is 1. The normalized spacial score (nSPS) is 10.5. The molecule has 1 rings (SSSR count). The minimum absolute atomic E-state index is 0.169. The summed E-state index contributed by atoms with van der Waals surface area (Å²) in [6.07, 6.45) is 2.26. The van der Waals surface area contributed by atoms with E-state index in [0.29, 0.717) is 12.5 Å². The number of nitrogens with one attached hydrogen (secondary N) is 1. The van der Waals surface area contributed by atoms with E-state index in [-0.39, 0.29) is 18.0 Å². The number of aromatic carboxylic acids is 1. The Hall–Kier alpha value is -2.11. The molecule has 104 valence electrons. The smallest absolute Gasteiger partial charge is 0.341 e. The van der Waals surface area contributed by atoms with E-state index in [4.69, 9.17) is 5.11 Å². The number of nitrogens with zero attached hydrogens (tertiary/aromatic N) is 1. The van der Waals surface area contributed by atoms with Crippen LogP contribution in [0.25, 0.3) is 0 Å². The highest BCUT2D eigenvalue weighted by atomic mass is 16.4. The SMILES string of the molecule is CC(C)CCNC(=O)Cn1cccc(C(=O)O)c1=O. The molecule has 1 heterocycles. The Bertz CT molecular complexity index is 520. The fourth-order valence-corrected chi connectivity index (χ4v) is 1.54. The standard InChI is InChI=1S/C13H18N2O4/c1-9(2)5-6-14-11(16)8-15-7-3-4-10(12(15)17)13(18)19/h3-4,7,9H,5-6,8H2,1-2H3,(H,14,16)(H,18,19). The molecule has 1 amide bonds. The molecule has 0 unspecified atom stereocenters. The molecule has 1 aromatic rings. The van der Waals surface area contributed by atoms with Gasteiger partial charge in [-0.2, -0.15) is 0 Å². The molecule has 0 atom stereocenters. The van der Waals surface area contributed by atoms with Crippen LogP contribution in [-0.4, -0.2) is 28.1 Å². The van der Waals surface area contributed by atoms with Crippen LogP contribution in [0.5, 0.6) is 0 Å². The second kappa shape index (κ2) is 6.72. The summed E-state index contributed by atoms with van der Waals surface area (Å²) in [5, 5.41) is 11.5. The minimum Gasteiger partial charge on any atom is -0.477 e. The van der Waals surface area contributed by atoms with Crippen LogP contribution in [0.15, 0.2) is 23.1 Å². The molecule has 0 spiro atoms. The van der Waals surface area contributed by atoms with Gasteiger partial charge in [-0.05, 0) is 24.5 Å². The van der Waals surface area contributed by atoms with Crippen LogP contribution >= 0.6 is 0 Å². The van der Waals surface area contributed by atoms with E-state index >= 15 is 0 Å². The highest BCUT2D eigenvalue weighted by Gasteiger charge is 2.11. The fraction of sp³-hybridized carbons (Fsp3) is 0.462. The number of carbonyl (C=O) groups is 2. The van der Waals surface area contributed by atoms with Crippen molar-refractivity contribution < 1.29 is 14.7 Å².